The molecular formula is C18H15ClN2O4. The van der Waals surface area contributed by atoms with Gasteiger partial charge in [-0.15, -0.1) is 0 Å². The third-order valence-corrected chi connectivity index (χ3v) is 4.59. The number of carbonyl (C=O) groups excluding carboxylic acids is 1. The molecule has 3 rings (SSSR count). The van der Waals surface area contributed by atoms with Gasteiger partial charge in [-0.05, 0) is 43.2 Å². The van der Waals surface area contributed by atoms with Crippen molar-refractivity contribution >= 4 is 39.9 Å². The molecule has 1 amide bonds. The third kappa shape index (κ3) is 3.34. The van der Waals surface area contributed by atoms with Gasteiger partial charge in [-0.3, -0.25) is 14.9 Å². The Labute approximate surface area is 148 Å². The molecule has 0 aliphatic heterocycles. The molecule has 3 aromatic rings. The van der Waals surface area contributed by atoms with Crippen molar-refractivity contribution in [2.24, 2.45) is 0 Å². The number of furan rings is 1. The summed E-state index contributed by atoms with van der Waals surface area (Å²) in [6.45, 7) is 3.79. The first kappa shape index (κ1) is 17.0. The van der Waals surface area contributed by atoms with Crippen LogP contribution in [0, 0.1) is 24.0 Å². The fraction of sp³-hybridized carbons (Fsp3) is 0.167. The number of rotatable bonds is 4. The molecule has 1 N–H and O–H groups in total. The van der Waals surface area contributed by atoms with Gasteiger partial charge in [0.25, 0.3) is 5.69 Å². The molecule has 0 aliphatic rings. The molecule has 0 unspecified atom stereocenters. The summed E-state index contributed by atoms with van der Waals surface area (Å²) in [6.07, 6.45) is 1.67. The second kappa shape index (κ2) is 6.57. The minimum absolute atomic E-state index is 0.0283. The summed E-state index contributed by atoms with van der Waals surface area (Å²) in [5.41, 5.74) is 3.70. The number of hydrogen-bond acceptors (Lipinski definition) is 4. The van der Waals surface area contributed by atoms with E-state index in [4.69, 9.17) is 16.0 Å². The van der Waals surface area contributed by atoms with Crippen LogP contribution in [-0.2, 0) is 11.2 Å². The van der Waals surface area contributed by atoms with E-state index in [-0.39, 0.29) is 18.0 Å². The van der Waals surface area contributed by atoms with Crippen LogP contribution in [0.4, 0.5) is 11.4 Å². The third-order valence-electron chi connectivity index (χ3n) is 4.01. The topological polar surface area (TPSA) is 85.4 Å². The van der Waals surface area contributed by atoms with Gasteiger partial charge in [-0.25, -0.2) is 0 Å². The van der Waals surface area contributed by atoms with E-state index in [1.807, 2.05) is 19.9 Å². The van der Waals surface area contributed by atoms with Gasteiger partial charge >= 0.3 is 0 Å². The Morgan fingerprint density at radius 3 is 2.60 bits per heavy atom. The normalized spacial score (nSPS) is 10.8. The van der Waals surface area contributed by atoms with Crippen molar-refractivity contribution in [2.75, 3.05) is 5.32 Å². The molecule has 1 heterocycles. The summed E-state index contributed by atoms with van der Waals surface area (Å²) in [4.78, 5) is 22.4. The van der Waals surface area contributed by atoms with Crippen LogP contribution < -0.4 is 5.32 Å². The molecule has 7 heteroatoms. The number of nitrogens with zero attached hydrogens (tertiary/aromatic N) is 1. The molecule has 0 saturated heterocycles. The number of nitro groups is 1. The Morgan fingerprint density at radius 1 is 1.28 bits per heavy atom. The molecule has 0 saturated carbocycles. The van der Waals surface area contributed by atoms with Crippen LogP contribution in [0.15, 0.2) is 41.0 Å². The molecule has 128 valence electrons. The number of aryl methyl sites for hydroxylation is 2. The fourth-order valence-corrected chi connectivity index (χ4v) is 2.93. The summed E-state index contributed by atoms with van der Waals surface area (Å²) < 4.78 is 5.55. The maximum absolute atomic E-state index is 12.3. The molecule has 6 nitrogen and oxygen atoms in total. The molecule has 0 radical (unpaired) electrons. The standard InChI is InChI=1S/C18H15ClN2O4/c1-10-7-15-17(11(2)18(10)19)12(9-25-15)8-16(22)20-13-3-5-14(6-4-13)21(23)24/h3-7,9H,8H2,1-2H3,(H,20,22). The van der Waals surface area contributed by atoms with Crippen molar-refractivity contribution in [2.45, 2.75) is 20.3 Å². The van der Waals surface area contributed by atoms with Crippen LogP contribution in [0.3, 0.4) is 0 Å². The molecule has 1 aromatic heterocycles. The van der Waals surface area contributed by atoms with E-state index in [0.717, 1.165) is 22.1 Å². The lowest BCUT2D eigenvalue weighted by molar-refractivity contribution is -0.384. The molecule has 25 heavy (non-hydrogen) atoms. The number of amides is 1. The molecule has 0 atom stereocenters. The average Bonchev–Trinajstić information content (AvgIpc) is 2.95. The molecular weight excluding hydrogens is 344 g/mol. The van der Waals surface area contributed by atoms with E-state index in [1.54, 1.807) is 6.26 Å². The lowest BCUT2D eigenvalue weighted by Crippen LogP contribution is -2.14. The predicted octanol–water partition coefficient (Wildman–Crippen LogP) is 4.79. The van der Waals surface area contributed by atoms with Crippen molar-refractivity contribution in [3.63, 3.8) is 0 Å². The number of benzene rings is 2. The molecule has 0 spiro atoms. The van der Waals surface area contributed by atoms with Gasteiger partial charge in [0.2, 0.25) is 5.91 Å². The van der Waals surface area contributed by atoms with Gasteiger partial charge in [-0.1, -0.05) is 11.6 Å². The highest BCUT2D eigenvalue weighted by Gasteiger charge is 2.16. The van der Waals surface area contributed by atoms with Crippen molar-refractivity contribution < 1.29 is 14.1 Å². The number of nitrogens with one attached hydrogen (secondary N) is 1. The van der Waals surface area contributed by atoms with Crippen molar-refractivity contribution in [1.82, 2.24) is 0 Å². The first-order valence-corrected chi connectivity index (χ1v) is 7.94. The SMILES string of the molecule is Cc1cc2occ(CC(=O)Nc3ccc([N+](=O)[O-])cc3)c2c(C)c1Cl. The Kier molecular flexibility index (Phi) is 4.46. The number of carbonyl (C=O) groups is 1. The zero-order valence-electron chi connectivity index (χ0n) is 13.6. The smallest absolute Gasteiger partial charge is 0.269 e. The van der Waals surface area contributed by atoms with E-state index in [2.05, 4.69) is 5.32 Å². The van der Waals surface area contributed by atoms with Crippen LogP contribution in [0.5, 0.6) is 0 Å². The monoisotopic (exact) mass is 358 g/mol. The van der Waals surface area contributed by atoms with Gasteiger partial charge in [-0.2, -0.15) is 0 Å². The summed E-state index contributed by atoms with van der Waals surface area (Å²) in [5.74, 6) is -0.243. The summed E-state index contributed by atoms with van der Waals surface area (Å²) in [7, 11) is 0. The maximum atomic E-state index is 12.3. The lowest BCUT2D eigenvalue weighted by atomic mass is 10.0. The van der Waals surface area contributed by atoms with E-state index < -0.39 is 4.92 Å². The molecule has 2 aromatic carbocycles. The average molecular weight is 359 g/mol. The largest absolute Gasteiger partial charge is 0.464 e. The van der Waals surface area contributed by atoms with Gasteiger partial charge < -0.3 is 9.73 Å². The van der Waals surface area contributed by atoms with Crippen molar-refractivity contribution in [1.29, 1.82) is 0 Å². The highest BCUT2D eigenvalue weighted by molar-refractivity contribution is 6.33. The Hall–Kier alpha value is -2.86. The zero-order chi connectivity index (χ0) is 18.1. The minimum atomic E-state index is -0.488. The number of fused-ring (bicyclic) bond motifs is 1. The number of non-ortho nitro benzene ring substituents is 1. The van der Waals surface area contributed by atoms with Crippen molar-refractivity contribution in [3.8, 4) is 0 Å². The van der Waals surface area contributed by atoms with Crippen LogP contribution in [0.1, 0.15) is 16.7 Å². The van der Waals surface area contributed by atoms with Gasteiger partial charge in [0.15, 0.2) is 0 Å². The quantitative estimate of drug-likeness (QED) is 0.536. The lowest BCUT2D eigenvalue weighted by Gasteiger charge is -2.07. The Balaban J connectivity index is 1.80. The second-order valence-corrected chi connectivity index (χ2v) is 6.17. The predicted molar refractivity (Wildman–Crippen MR) is 96.1 cm³/mol. The van der Waals surface area contributed by atoms with Gasteiger partial charge in [0, 0.05) is 33.8 Å². The van der Waals surface area contributed by atoms with Gasteiger partial charge in [0.05, 0.1) is 17.6 Å². The number of halogens is 1. The van der Waals surface area contributed by atoms with Crippen molar-refractivity contribution in [3.05, 3.63) is 68.4 Å². The fourth-order valence-electron chi connectivity index (χ4n) is 2.78. The maximum Gasteiger partial charge on any atom is 0.269 e. The summed E-state index contributed by atoms with van der Waals surface area (Å²) in [6, 6.07) is 7.53. The van der Waals surface area contributed by atoms with E-state index in [1.165, 1.54) is 24.3 Å². The van der Waals surface area contributed by atoms with E-state index in [9.17, 15) is 14.9 Å². The summed E-state index contributed by atoms with van der Waals surface area (Å²) in [5, 5.41) is 14.9. The number of hydrogen-bond donors (Lipinski definition) is 1. The van der Waals surface area contributed by atoms with Crippen LogP contribution in [0.2, 0.25) is 5.02 Å². The molecule has 0 fully saturated rings. The minimum Gasteiger partial charge on any atom is -0.464 e. The highest BCUT2D eigenvalue weighted by atomic mass is 35.5. The Bertz CT molecular complexity index is 977. The summed E-state index contributed by atoms with van der Waals surface area (Å²) >= 11 is 6.29. The molecule has 0 bridgehead atoms. The van der Waals surface area contributed by atoms with Gasteiger partial charge in [0.1, 0.15) is 5.58 Å². The number of nitro benzene ring substituents is 1. The first-order valence-electron chi connectivity index (χ1n) is 7.57. The van der Waals surface area contributed by atoms with E-state index >= 15 is 0 Å². The van der Waals surface area contributed by atoms with E-state index in [0.29, 0.717) is 16.3 Å². The van der Waals surface area contributed by atoms with Crippen LogP contribution in [0.25, 0.3) is 11.0 Å². The Morgan fingerprint density at radius 2 is 1.96 bits per heavy atom. The number of anilines is 1. The van der Waals surface area contributed by atoms with Crippen LogP contribution in [-0.4, -0.2) is 10.8 Å². The van der Waals surface area contributed by atoms with Crippen LogP contribution >= 0.6 is 11.6 Å². The molecule has 0 aliphatic carbocycles. The highest BCUT2D eigenvalue weighted by Crippen LogP contribution is 2.32. The zero-order valence-corrected chi connectivity index (χ0v) is 14.4. The first-order chi connectivity index (χ1) is 11.9. The second-order valence-electron chi connectivity index (χ2n) is 5.80.